The third-order valence-corrected chi connectivity index (χ3v) is 3.00. The molecular weight excluding hydrogens is 289 g/mol. The molecule has 0 unspecified atom stereocenters. The van der Waals surface area contributed by atoms with E-state index in [9.17, 15) is 0 Å². The van der Waals surface area contributed by atoms with Crippen LogP contribution in [0.1, 0.15) is 0 Å². The van der Waals surface area contributed by atoms with Crippen LogP contribution in [0.2, 0.25) is 0 Å². The molecule has 3 rings (SSSR count). The van der Waals surface area contributed by atoms with E-state index in [1.165, 1.54) is 0 Å². The predicted molar refractivity (Wildman–Crippen MR) is 64.1 cm³/mol. The monoisotopic (exact) mass is 295 g/mol. The van der Waals surface area contributed by atoms with Crippen molar-refractivity contribution in [1.82, 2.24) is 15.0 Å². The van der Waals surface area contributed by atoms with Gasteiger partial charge in [-0.2, -0.15) is 0 Å². The molecule has 0 bridgehead atoms. The smallest absolute Gasteiger partial charge is 0.127 e. The Labute approximate surface area is 93.7 Å². The molecule has 0 saturated carbocycles. The number of aromatic nitrogens is 3. The molecule has 1 aromatic carbocycles. The third kappa shape index (κ3) is 1.03. The summed E-state index contributed by atoms with van der Waals surface area (Å²) in [6.45, 7) is 0. The molecule has 0 spiro atoms. The van der Waals surface area contributed by atoms with E-state index in [4.69, 9.17) is 0 Å². The van der Waals surface area contributed by atoms with Crippen LogP contribution in [0.3, 0.4) is 0 Å². The van der Waals surface area contributed by atoms with Gasteiger partial charge in [0, 0.05) is 5.39 Å². The molecule has 2 heterocycles. The number of para-hydroxylation sites is 1. The fraction of sp³-hybridized carbons (Fsp3) is 0. The molecule has 0 radical (unpaired) electrons. The molecule has 0 amide bonds. The van der Waals surface area contributed by atoms with Crippen LogP contribution in [0.15, 0.2) is 30.6 Å². The minimum atomic E-state index is 0.966. The summed E-state index contributed by atoms with van der Waals surface area (Å²) >= 11 is 2.22. The van der Waals surface area contributed by atoms with Gasteiger partial charge in [0.25, 0.3) is 0 Å². The van der Waals surface area contributed by atoms with E-state index in [-0.39, 0.29) is 0 Å². The summed E-state index contributed by atoms with van der Waals surface area (Å²) in [5.41, 5.74) is 3.01. The molecule has 0 fully saturated rings. The van der Waals surface area contributed by atoms with Crippen molar-refractivity contribution in [1.29, 1.82) is 0 Å². The van der Waals surface area contributed by atoms with Gasteiger partial charge in [-0.3, -0.25) is 0 Å². The van der Waals surface area contributed by atoms with Gasteiger partial charge < -0.3 is 4.98 Å². The number of rotatable bonds is 0. The first-order valence-corrected chi connectivity index (χ1v) is 5.31. The lowest BCUT2D eigenvalue weighted by atomic mass is 10.2. The Balaban J connectivity index is 2.66. The number of hydrogen-bond donors (Lipinski definition) is 1. The SMILES string of the molecule is Ic1nc2ccccc2c2nc[nH]c12. The number of imidazole rings is 1. The van der Waals surface area contributed by atoms with Gasteiger partial charge in [-0.05, 0) is 28.7 Å². The van der Waals surface area contributed by atoms with E-state index in [2.05, 4.69) is 37.5 Å². The first-order valence-electron chi connectivity index (χ1n) is 4.23. The second kappa shape index (κ2) is 2.91. The van der Waals surface area contributed by atoms with Crippen molar-refractivity contribution in [2.45, 2.75) is 0 Å². The van der Waals surface area contributed by atoms with Crippen LogP contribution >= 0.6 is 22.6 Å². The van der Waals surface area contributed by atoms with Gasteiger partial charge >= 0.3 is 0 Å². The molecule has 3 aromatic rings. The molecule has 14 heavy (non-hydrogen) atoms. The second-order valence-electron chi connectivity index (χ2n) is 3.05. The topological polar surface area (TPSA) is 41.6 Å². The predicted octanol–water partition coefficient (Wildman–Crippen LogP) is 2.72. The first kappa shape index (κ1) is 8.16. The van der Waals surface area contributed by atoms with Crippen LogP contribution in [0, 0.1) is 3.70 Å². The average Bonchev–Trinajstić information content (AvgIpc) is 2.67. The van der Waals surface area contributed by atoms with Crippen LogP contribution in [0.25, 0.3) is 21.9 Å². The summed E-state index contributed by atoms with van der Waals surface area (Å²) in [5, 5.41) is 1.10. The van der Waals surface area contributed by atoms with E-state index in [1.54, 1.807) is 6.33 Å². The zero-order valence-electron chi connectivity index (χ0n) is 7.16. The number of aromatic amines is 1. The summed E-state index contributed by atoms with van der Waals surface area (Å²) in [5.74, 6) is 0. The number of H-pyrrole nitrogens is 1. The molecule has 2 aromatic heterocycles. The fourth-order valence-electron chi connectivity index (χ4n) is 1.59. The number of halogens is 1. The molecule has 68 valence electrons. The maximum Gasteiger partial charge on any atom is 0.127 e. The molecule has 1 N–H and O–H groups in total. The number of hydrogen-bond acceptors (Lipinski definition) is 2. The Morgan fingerprint density at radius 3 is 3.00 bits per heavy atom. The van der Waals surface area contributed by atoms with Gasteiger partial charge in [0.1, 0.15) is 9.22 Å². The zero-order valence-corrected chi connectivity index (χ0v) is 9.32. The zero-order chi connectivity index (χ0) is 9.54. The maximum atomic E-state index is 4.49. The van der Waals surface area contributed by atoms with E-state index in [0.717, 1.165) is 25.6 Å². The molecule has 0 aliphatic heterocycles. The lowest BCUT2D eigenvalue weighted by molar-refractivity contribution is 1.32. The largest absolute Gasteiger partial charge is 0.342 e. The van der Waals surface area contributed by atoms with Crippen molar-refractivity contribution >= 4 is 44.5 Å². The Kier molecular flexibility index (Phi) is 1.70. The van der Waals surface area contributed by atoms with Crippen LogP contribution in [0.5, 0.6) is 0 Å². The number of nitrogens with one attached hydrogen (secondary N) is 1. The lowest BCUT2D eigenvalue weighted by Crippen LogP contribution is -1.86. The second-order valence-corrected chi connectivity index (χ2v) is 4.07. The summed E-state index contributed by atoms with van der Waals surface area (Å²) < 4.78 is 0.966. The van der Waals surface area contributed by atoms with E-state index in [1.807, 2.05) is 24.3 Å². The van der Waals surface area contributed by atoms with Crippen molar-refractivity contribution < 1.29 is 0 Å². The molecular formula is C10H6IN3. The van der Waals surface area contributed by atoms with Crippen LogP contribution in [0.4, 0.5) is 0 Å². The minimum Gasteiger partial charge on any atom is -0.342 e. The highest BCUT2D eigenvalue weighted by molar-refractivity contribution is 14.1. The van der Waals surface area contributed by atoms with Crippen LogP contribution in [-0.2, 0) is 0 Å². The van der Waals surface area contributed by atoms with Crippen LogP contribution < -0.4 is 0 Å². The number of nitrogens with zero attached hydrogens (tertiary/aromatic N) is 2. The van der Waals surface area contributed by atoms with Gasteiger partial charge in [-0.25, -0.2) is 9.97 Å². The van der Waals surface area contributed by atoms with Crippen molar-refractivity contribution in [3.8, 4) is 0 Å². The summed E-state index contributed by atoms with van der Waals surface area (Å²) in [6, 6.07) is 8.04. The van der Waals surface area contributed by atoms with Crippen LogP contribution in [-0.4, -0.2) is 15.0 Å². The molecule has 0 atom stereocenters. The Morgan fingerprint density at radius 1 is 1.21 bits per heavy atom. The van der Waals surface area contributed by atoms with E-state index < -0.39 is 0 Å². The van der Waals surface area contributed by atoms with Crippen molar-refractivity contribution in [2.24, 2.45) is 0 Å². The van der Waals surface area contributed by atoms with Gasteiger partial charge in [0.05, 0.1) is 17.4 Å². The Morgan fingerprint density at radius 2 is 2.07 bits per heavy atom. The fourth-order valence-corrected chi connectivity index (χ4v) is 2.26. The molecule has 0 saturated heterocycles. The Hall–Kier alpha value is -1.17. The lowest BCUT2D eigenvalue weighted by Gasteiger charge is -1.99. The molecule has 0 aliphatic rings. The number of pyridine rings is 1. The summed E-state index contributed by atoms with van der Waals surface area (Å²) in [4.78, 5) is 11.9. The van der Waals surface area contributed by atoms with E-state index >= 15 is 0 Å². The van der Waals surface area contributed by atoms with Gasteiger partial charge in [-0.15, -0.1) is 0 Å². The van der Waals surface area contributed by atoms with Gasteiger partial charge in [0.2, 0.25) is 0 Å². The Bertz CT molecular complexity index is 615. The highest BCUT2D eigenvalue weighted by Crippen LogP contribution is 2.23. The highest BCUT2D eigenvalue weighted by Gasteiger charge is 2.06. The number of benzene rings is 1. The molecule has 0 aliphatic carbocycles. The minimum absolute atomic E-state index is 0.966. The summed E-state index contributed by atoms with van der Waals surface area (Å²) in [7, 11) is 0. The normalized spacial score (nSPS) is 11.2. The van der Waals surface area contributed by atoms with Crippen molar-refractivity contribution in [3.63, 3.8) is 0 Å². The standard InChI is InChI=1S/C10H6IN3/c11-10-9-8(12-5-13-9)6-3-1-2-4-7(6)14-10/h1-5H,(H,12,13). The van der Waals surface area contributed by atoms with Gasteiger partial charge in [0.15, 0.2) is 0 Å². The molecule has 4 heteroatoms. The summed E-state index contributed by atoms with van der Waals surface area (Å²) in [6.07, 6.45) is 1.71. The van der Waals surface area contributed by atoms with Crippen molar-refractivity contribution in [2.75, 3.05) is 0 Å². The first-order chi connectivity index (χ1) is 6.86. The van der Waals surface area contributed by atoms with Crippen molar-refractivity contribution in [3.05, 3.63) is 34.3 Å². The number of fused-ring (bicyclic) bond motifs is 3. The third-order valence-electron chi connectivity index (χ3n) is 2.22. The quantitative estimate of drug-likeness (QED) is 0.512. The highest BCUT2D eigenvalue weighted by atomic mass is 127. The van der Waals surface area contributed by atoms with E-state index in [0.29, 0.717) is 0 Å². The van der Waals surface area contributed by atoms with Gasteiger partial charge in [-0.1, -0.05) is 18.2 Å². The maximum absolute atomic E-state index is 4.49. The molecule has 3 nitrogen and oxygen atoms in total. The average molecular weight is 295 g/mol.